The summed E-state index contributed by atoms with van der Waals surface area (Å²) in [5.41, 5.74) is 3.45. The van der Waals surface area contributed by atoms with Gasteiger partial charge in [-0.15, -0.1) is 0 Å². The molecule has 28 heavy (non-hydrogen) atoms. The lowest BCUT2D eigenvalue weighted by molar-refractivity contribution is -0.111. The second-order valence-electron chi connectivity index (χ2n) is 6.31. The monoisotopic (exact) mass is 401 g/mol. The van der Waals surface area contributed by atoms with Gasteiger partial charge in [-0.2, -0.15) is 5.10 Å². The minimum atomic E-state index is -0.400. The molecule has 144 valence electrons. The molecule has 1 heterocycles. The number of halogens is 3. The average molecular weight is 402 g/mol. The Kier molecular flexibility index (Phi) is 5.90. The Labute approximate surface area is 166 Å². The van der Waals surface area contributed by atoms with Gasteiger partial charge in [0.25, 0.3) is 0 Å². The molecule has 2 aromatic carbocycles. The van der Waals surface area contributed by atoms with Crippen molar-refractivity contribution in [3.63, 3.8) is 0 Å². The summed E-state index contributed by atoms with van der Waals surface area (Å²) >= 11 is 6.09. The maximum Gasteiger partial charge on any atom is 0.248 e. The van der Waals surface area contributed by atoms with Gasteiger partial charge in [-0.05, 0) is 55.3 Å². The number of amides is 1. The van der Waals surface area contributed by atoms with Crippen LogP contribution in [0, 0.1) is 25.5 Å². The Hall–Kier alpha value is -2.99. The molecule has 7 heteroatoms. The molecule has 0 unspecified atom stereocenters. The van der Waals surface area contributed by atoms with Gasteiger partial charge < -0.3 is 5.32 Å². The van der Waals surface area contributed by atoms with E-state index >= 15 is 0 Å². The minimum absolute atomic E-state index is 0.320. The van der Waals surface area contributed by atoms with Crippen LogP contribution in [-0.4, -0.2) is 15.7 Å². The molecule has 0 aliphatic heterocycles. The standard InChI is InChI=1S/C21H18ClF2N3O/c1-13-21(25-20(28)10-5-15-3-7-17(23)8-4-15)14(2)27(26-13)12-16-6-9-18(24)11-19(16)22/h3-11H,12H2,1-2H3,(H,25,28)/b10-5+. The van der Waals surface area contributed by atoms with Gasteiger partial charge >= 0.3 is 0 Å². The van der Waals surface area contributed by atoms with Crippen molar-refractivity contribution in [1.82, 2.24) is 9.78 Å². The smallest absolute Gasteiger partial charge is 0.248 e. The summed E-state index contributed by atoms with van der Waals surface area (Å²) < 4.78 is 27.8. The molecule has 4 nitrogen and oxygen atoms in total. The van der Waals surface area contributed by atoms with Crippen molar-refractivity contribution in [2.45, 2.75) is 20.4 Å². The minimum Gasteiger partial charge on any atom is -0.319 e. The van der Waals surface area contributed by atoms with Crippen molar-refractivity contribution in [2.75, 3.05) is 5.32 Å². The topological polar surface area (TPSA) is 46.9 Å². The van der Waals surface area contributed by atoms with Crippen LogP contribution in [0.1, 0.15) is 22.5 Å². The predicted molar refractivity (Wildman–Crippen MR) is 106 cm³/mol. The number of rotatable bonds is 5. The number of nitrogens with zero attached hydrogens (tertiary/aromatic N) is 2. The number of aromatic nitrogens is 2. The van der Waals surface area contributed by atoms with E-state index in [2.05, 4.69) is 10.4 Å². The van der Waals surface area contributed by atoms with Crippen LogP contribution in [0.25, 0.3) is 6.08 Å². The average Bonchev–Trinajstić information content (AvgIpc) is 2.91. The van der Waals surface area contributed by atoms with E-state index in [4.69, 9.17) is 11.6 Å². The Morgan fingerprint density at radius 1 is 1.14 bits per heavy atom. The third-order valence-corrected chi connectivity index (χ3v) is 4.61. The van der Waals surface area contributed by atoms with Crippen LogP contribution < -0.4 is 5.32 Å². The molecular weight excluding hydrogens is 384 g/mol. The molecule has 0 atom stereocenters. The molecule has 1 N–H and O–H groups in total. The van der Waals surface area contributed by atoms with Gasteiger partial charge in [0.2, 0.25) is 5.91 Å². The highest BCUT2D eigenvalue weighted by Crippen LogP contribution is 2.23. The fourth-order valence-corrected chi connectivity index (χ4v) is 2.98. The summed E-state index contributed by atoms with van der Waals surface area (Å²) in [6, 6.07) is 10.0. The zero-order valence-corrected chi connectivity index (χ0v) is 16.1. The second-order valence-corrected chi connectivity index (χ2v) is 6.72. The summed E-state index contributed by atoms with van der Waals surface area (Å²) in [5.74, 6) is -1.06. The Balaban J connectivity index is 1.74. The highest BCUT2D eigenvalue weighted by atomic mass is 35.5. The van der Waals surface area contributed by atoms with Crippen molar-refractivity contribution >= 4 is 29.3 Å². The van der Waals surface area contributed by atoms with Gasteiger partial charge in [0.05, 0.1) is 23.6 Å². The first-order chi connectivity index (χ1) is 13.3. The Bertz CT molecular complexity index is 1040. The number of carbonyl (C=O) groups is 1. The van der Waals surface area contributed by atoms with Crippen molar-refractivity contribution in [3.05, 3.63) is 87.7 Å². The van der Waals surface area contributed by atoms with Crippen LogP contribution in [0.15, 0.2) is 48.5 Å². The Morgan fingerprint density at radius 2 is 1.82 bits per heavy atom. The van der Waals surface area contributed by atoms with Gasteiger partial charge in [-0.25, -0.2) is 8.78 Å². The molecule has 1 amide bonds. The van der Waals surface area contributed by atoms with Gasteiger partial charge in [0.1, 0.15) is 11.6 Å². The maximum absolute atomic E-state index is 13.2. The first-order valence-electron chi connectivity index (χ1n) is 8.56. The summed E-state index contributed by atoms with van der Waals surface area (Å²) in [7, 11) is 0. The van der Waals surface area contributed by atoms with E-state index in [1.54, 1.807) is 35.9 Å². The van der Waals surface area contributed by atoms with Crippen molar-refractivity contribution in [1.29, 1.82) is 0 Å². The fraction of sp³-hybridized carbons (Fsp3) is 0.143. The van der Waals surface area contributed by atoms with Crippen LogP contribution in [0.5, 0.6) is 0 Å². The molecule has 1 aromatic heterocycles. The largest absolute Gasteiger partial charge is 0.319 e. The summed E-state index contributed by atoms with van der Waals surface area (Å²) in [5, 5.41) is 7.57. The lowest BCUT2D eigenvalue weighted by atomic mass is 10.2. The molecular formula is C21H18ClF2N3O. The molecule has 0 fully saturated rings. The quantitative estimate of drug-likeness (QED) is 0.602. The Morgan fingerprint density at radius 3 is 2.50 bits per heavy atom. The number of aryl methyl sites for hydroxylation is 1. The second kappa shape index (κ2) is 8.35. The van der Waals surface area contributed by atoms with Gasteiger partial charge in [-0.1, -0.05) is 29.8 Å². The zero-order chi connectivity index (χ0) is 20.3. The third-order valence-electron chi connectivity index (χ3n) is 4.26. The maximum atomic E-state index is 13.2. The third kappa shape index (κ3) is 4.64. The van der Waals surface area contributed by atoms with Crippen LogP contribution in [-0.2, 0) is 11.3 Å². The SMILES string of the molecule is Cc1nn(Cc2ccc(F)cc2Cl)c(C)c1NC(=O)/C=C/c1ccc(F)cc1. The lowest BCUT2D eigenvalue weighted by Crippen LogP contribution is -2.10. The van der Waals surface area contributed by atoms with E-state index in [9.17, 15) is 13.6 Å². The number of anilines is 1. The molecule has 0 radical (unpaired) electrons. The molecule has 0 spiro atoms. The zero-order valence-electron chi connectivity index (χ0n) is 15.3. The van der Waals surface area contributed by atoms with Gasteiger partial charge in [0.15, 0.2) is 0 Å². The number of nitrogens with one attached hydrogen (secondary N) is 1. The van der Waals surface area contributed by atoms with E-state index in [1.807, 2.05) is 6.92 Å². The predicted octanol–water partition coefficient (Wildman–Crippen LogP) is 5.13. The van der Waals surface area contributed by atoms with Crippen molar-refractivity contribution < 1.29 is 13.6 Å². The molecule has 0 aliphatic rings. The van der Waals surface area contributed by atoms with E-state index in [0.29, 0.717) is 28.5 Å². The number of hydrogen-bond acceptors (Lipinski definition) is 2. The number of benzene rings is 2. The summed E-state index contributed by atoms with van der Waals surface area (Å²) in [6.45, 7) is 3.97. The lowest BCUT2D eigenvalue weighted by Gasteiger charge is -2.08. The first-order valence-corrected chi connectivity index (χ1v) is 8.94. The van der Waals surface area contributed by atoms with Crippen LogP contribution in [0.4, 0.5) is 14.5 Å². The summed E-state index contributed by atoms with van der Waals surface area (Å²) in [6.07, 6.45) is 2.97. The van der Waals surface area contributed by atoms with E-state index in [0.717, 1.165) is 11.3 Å². The van der Waals surface area contributed by atoms with E-state index < -0.39 is 5.82 Å². The molecule has 0 saturated carbocycles. The molecule has 3 rings (SSSR count). The van der Waals surface area contributed by atoms with Crippen molar-refractivity contribution in [3.8, 4) is 0 Å². The van der Waals surface area contributed by atoms with E-state index in [-0.39, 0.29) is 11.7 Å². The molecule has 0 saturated heterocycles. The van der Waals surface area contributed by atoms with Crippen molar-refractivity contribution in [2.24, 2.45) is 0 Å². The van der Waals surface area contributed by atoms with Gasteiger partial charge in [0, 0.05) is 11.1 Å². The van der Waals surface area contributed by atoms with E-state index in [1.165, 1.54) is 30.3 Å². The van der Waals surface area contributed by atoms with Crippen LogP contribution >= 0.6 is 11.6 Å². The highest BCUT2D eigenvalue weighted by Gasteiger charge is 2.14. The number of hydrogen-bond donors (Lipinski definition) is 1. The fourth-order valence-electron chi connectivity index (χ4n) is 2.75. The van der Waals surface area contributed by atoms with Crippen LogP contribution in [0.2, 0.25) is 5.02 Å². The summed E-state index contributed by atoms with van der Waals surface area (Å²) in [4.78, 5) is 12.2. The first kappa shape index (κ1) is 19.8. The molecule has 0 aliphatic carbocycles. The molecule has 3 aromatic rings. The highest BCUT2D eigenvalue weighted by molar-refractivity contribution is 6.31. The van der Waals surface area contributed by atoms with Gasteiger partial charge in [-0.3, -0.25) is 9.48 Å². The normalized spacial score (nSPS) is 11.2. The molecule has 0 bridgehead atoms. The number of carbonyl (C=O) groups excluding carboxylic acids is 1. The van der Waals surface area contributed by atoms with Crippen LogP contribution in [0.3, 0.4) is 0 Å².